The van der Waals surface area contributed by atoms with Crippen LogP contribution in [0, 0.1) is 0 Å². The molecule has 31 heavy (non-hydrogen) atoms. The Morgan fingerprint density at radius 2 is 0.806 bits per heavy atom. The molecule has 0 aromatic rings. The first-order valence-electron chi connectivity index (χ1n) is 14.4. The average Bonchev–Trinajstić information content (AvgIpc) is 2.76. The number of hydrogen-bond acceptors (Lipinski definition) is 2. The molecule has 0 spiro atoms. The Balaban J connectivity index is 3.51. The van der Waals surface area contributed by atoms with E-state index in [9.17, 15) is 4.79 Å². The van der Waals surface area contributed by atoms with Crippen LogP contribution < -0.4 is 0 Å². The molecular weight excluding hydrogens is 380 g/mol. The van der Waals surface area contributed by atoms with Crippen molar-refractivity contribution in [3.63, 3.8) is 0 Å². The summed E-state index contributed by atoms with van der Waals surface area (Å²) in [6.07, 6.45) is 30.6. The second kappa shape index (κ2) is 25.7. The van der Waals surface area contributed by atoms with Crippen LogP contribution in [0.25, 0.3) is 0 Å². The van der Waals surface area contributed by atoms with Crippen molar-refractivity contribution < 1.29 is 9.53 Å². The maximum absolute atomic E-state index is 12.2. The summed E-state index contributed by atoms with van der Waals surface area (Å²) >= 11 is 0. The largest absolute Gasteiger partial charge is 0.462 e. The van der Waals surface area contributed by atoms with E-state index in [2.05, 4.69) is 20.8 Å². The van der Waals surface area contributed by atoms with Crippen molar-refractivity contribution in [1.29, 1.82) is 0 Å². The zero-order valence-electron chi connectivity index (χ0n) is 21.9. The molecule has 0 saturated carbocycles. The third kappa shape index (κ3) is 24.0. The van der Waals surface area contributed by atoms with Crippen LogP contribution in [0.5, 0.6) is 0 Å². The van der Waals surface area contributed by atoms with Gasteiger partial charge in [0.1, 0.15) is 6.10 Å². The van der Waals surface area contributed by atoms with Crippen LogP contribution in [0.3, 0.4) is 0 Å². The zero-order chi connectivity index (χ0) is 22.8. The first-order valence-corrected chi connectivity index (χ1v) is 14.4. The average molecular weight is 439 g/mol. The monoisotopic (exact) mass is 438 g/mol. The molecule has 0 rings (SSSR count). The molecule has 0 aliphatic rings. The van der Waals surface area contributed by atoms with Gasteiger partial charge in [-0.2, -0.15) is 0 Å². The molecule has 0 unspecified atom stereocenters. The fourth-order valence-corrected chi connectivity index (χ4v) is 4.39. The highest BCUT2D eigenvalue weighted by molar-refractivity contribution is 5.69. The quantitative estimate of drug-likeness (QED) is 0.105. The van der Waals surface area contributed by atoms with Gasteiger partial charge in [0, 0.05) is 6.42 Å². The van der Waals surface area contributed by atoms with Crippen LogP contribution in [0.2, 0.25) is 0 Å². The summed E-state index contributed by atoms with van der Waals surface area (Å²) in [6, 6.07) is 0. The predicted molar refractivity (Wildman–Crippen MR) is 138 cm³/mol. The van der Waals surface area contributed by atoms with Gasteiger partial charge in [-0.1, -0.05) is 136 Å². The standard InChI is InChI=1S/C29H58O2/c1-4-7-10-11-12-13-14-15-16-17-18-19-20-21-24-27-29(30)31-28(25-22-8-5-2)26-23-9-6-3/h28H,4-27H2,1-3H3. The van der Waals surface area contributed by atoms with Gasteiger partial charge in [0.05, 0.1) is 0 Å². The van der Waals surface area contributed by atoms with E-state index >= 15 is 0 Å². The number of rotatable bonds is 25. The summed E-state index contributed by atoms with van der Waals surface area (Å²) in [5.41, 5.74) is 0. The van der Waals surface area contributed by atoms with E-state index in [-0.39, 0.29) is 12.1 Å². The molecule has 186 valence electrons. The Bertz CT molecular complexity index is 343. The molecule has 0 aromatic carbocycles. The molecule has 0 heterocycles. The summed E-state index contributed by atoms with van der Waals surface area (Å²) in [6.45, 7) is 6.75. The third-order valence-corrected chi connectivity index (χ3v) is 6.54. The van der Waals surface area contributed by atoms with Gasteiger partial charge < -0.3 is 4.74 Å². The van der Waals surface area contributed by atoms with Gasteiger partial charge in [0.15, 0.2) is 0 Å². The highest BCUT2D eigenvalue weighted by atomic mass is 16.5. The van der Waals surface area contributed by atoms with Crippen molar-refractivity contribution in [2.45, 2.75) is 181 Å². The van der Waals surface area contributed by atoms with Gasteiger partial charge >= 0.3 is 5.97 Å². The fraction of sp³-hybridized carbons (Fsp3) is 0.966. The summed E-state index contributed by atoms with van der Waals surface area (Å²) in [5, 5.41) is 0. The molecule has 0 aliphatic carbocycles. The third-order valence-electron chi connectivity index (χ3n) is 6.54. The number of carbonyl (C=O) groups excluding carboxylic acids is 1. The summed E-state index contributed by atoms with van der Waals surface area (Å²) in [4.78, 5) is 12.2. The van der Waals surface area contributed by atoms with Crippen molar-refractivity contribution in [2.75, 3.05) is 0 Å². The molecule has 0 amide bonds. The first-order chi connectivity index (χ1) is 15.2. The molecule has 0 saturated heterocycles. The van der Waals surface area contributed by atoms with Crippen molar-refractivity contribution >= 4 is 5.97 Å². The van der Waals surface area contributed by atoms with Crippen LogP contribution in [0.1, 0.15) is 175 Å². The Morgan fingerprint density at radius 3 is 1.19 bits per heavy atom. The van der Waals surface area contributed by atoms with E-state index in [0.717, 1.165) is 19.3 Å². The highest BCUT2D eigenvalue weighted by Gasteiger charge is 2.13. The predicted octanol–water partition coefficient (Wildman–Crippen LogP) is 10.3. The minimum Gasteiger partial charge on any atom is -0.462 e. The van der Waals surface area contributed by atoms with Crippen LogP contribution in [0.15, 0.2) is 0 Å². The van der Waals surface area contributed by atoms with Crippen molar-refractivity contribution in [3.05, 3.63) is 0 Å². The number of carbonyl (C=O) groups is 1. The lowest BCUT2D eigenvalue weighted by atomic mass is 10.0. The van der Waals surface area contributed by atoms with E-state index in [1.165, 1.54) is 128 Å². The van der Waals surface area contributed by atoms with Crippen molar-refractivity contribution in [1.82, 2.24) is 0 Å². The first kappa shape index (κ1) is 30.5. The molecule has 2 heteroatoms. The van der Waals surface area contributed by atoms with Gasteiger partial charge in [-0.25, -0.2) is 0 Å². The minimum atomic E-state index is 0.0488. The Kier molecular flexibility index (Phi) is 25.3. The highest BCUT2D eigenvalue weighted by Crippen LogP contribution is 2.17. The van der Waals surface area contributed by atoms with E-state index < -0.39 is 0 Å². The van der Waals surface area contributed by atoms with E-state index in [1.54, 1.807) is 0 Å². The van der Waals surface area contributed by atoms with Gasteiger partial charge in [0.25, 0.3) is 0 Å². The zero-order valence-corrected chi connectivity index (χ0v) is 21.9. The van der Waals surface area contributed by atoms with Crippen LogP contribution in [0.4, 0.5) is 0 Å². The summed E-state index contributed by atoms with van der Waals surface area (Å²) < 4.78 is 5.82. The number of hydrogen-bond donors (Lipinski definition) is 0. The Morgan fingerprint density at radius 1 is 0.484 bits per heavy atom. The summed E-state index contributed by atoms with van der Waals surface area (Å²) in [5.74, 6) is 0.0488. The molecule has 0 bridgehead atoms. The molecule has 0 N–H and O–H groups in total. The molecule has 2 nitrogen and oxygen atoms in total. The Labute approximate surface area is 196 Å². The van der Waals surface area contributed by atoms with Gasteiger partial charge in [-0.3, -0.25) is 4.79 Å². The van der Waals surface area contributed by atoms with Gasteiger partial charge in [-0.15, -0.1) is 0 Å². The lowest BCUT2D eigenvalue weighted by molar-refractivity contribution is -0.150. The second-order valence-electron chi connectivity index (χ2n) is 9.80. The molecule has 0 radical (unpaired) electrons. The maximum atomic E-state index is 12.2. The van der Waals surface area contributed by atoms with Crippen LogP contribution in [-0.4, -0.2) is 12.1 Å². The lowest BCUT2D eigenvalue weighted by Crippen LogP contribution is -2.18. The van der Waals surface area contributed by atoms with Crippen LogP contribution >= 0.6 is 0 Å². The molecule has 0 fully saturated rings. The molecule has 0 aromatic heterocycles. The van der Waals surface area contributed by atoms with Crippen molar-refractivity contribution in [3.8, 4) is 0 Å². The number of ether oxygens (including phenoxy) is 1. The fourth-order valence-electron chi connectivity index (χ4n) is 4.39. The second-order valence-corrected chi connectivity index (χ2v) is 9.80. The Hall–Kier alpha value is -0.530. The van der Waals surface area contributed by atoms with Crippen LogP contribution in [-0.2, 0) is 9.53 Å². The van der Waals surface area contributed by atoms with E-state index in [1.807, 2.05) is 0 Å². The van der Waals surface area contributed by atoms with Gasteiger partial charge in [-0.05, 0) is 32.1 Å². The van der Waals surface area contributed by atoms with E-state index in [0.29, 0.717) is 6.42 Å². The molecule has 0 aliphatic heterocycles. The van der Waals surface area contributed by atoms with Gasteiger partial charge in [0.2, 0.25) is 0 Å². The van der Waals surface area contributed by atoms with E-state index in [4.69, 9.17) is 4.74 Å². The summed E-state index contributed by atoms with van der Waals surface area (Å²) in [7, 11) is 0. The topological polar surface area (TPSA) is 26.3 Å². The van der Waals surface area contributed by atoms with Crippen molar-refractivity contribution in [2.24, 2.45) is 0 Å². The maximum Gasteiger partial charge on any atom is 0.306 e. The molecule has 0 atom stereocenters. The minimum absolute atomic E-state index is 0.0488. The SMILES string of the molecule is CCCCCCCCCCCCCCCCCC(=O)OC(CCCCC)CCCCC. The lowest BCUT2D eigenvalue weighted by Gasteiger charge is -2.18. The smallest absolute Gasteiger partial charge is 0.306 e. The number of unbranched alkanes of at least 4 members (excludes halogenated alkanes) is 18. The normalized spacial score (nSPS) is 11.4. The number of esters is 1. The molecular formula is C29H58O2.